The van der Waals surface area contributed by atoms with Crippen molar-refractivity contribution in [2.45, 2.75) is 32.7 Å². The number of aromatic nitrogens is 2. The van der Waals surface area contributed by atoms with Gasteiger partial charge >= 0.3 is 5.97 Å². The number of carbonyl (C=O) groups excluding carboxylic acids is 2. The summed E-state index contributed by atoms with van der Waals surface area (Å²) in [5.41, 5.74) is 2.27. The predicted octanol–water partition coefficient (Wildman–Crippen LogP) is 4.37. The third kappa shape index (κ3) is 5.83. The largest absolute Gasteiger partial charge is 0.465 e. The summed E-state index contributed by atoms with van der Waals surface area (Å²) in [7, 11) is 1.23. The number of anilines is 1. The number of hydrogen-bond donors (Lipinski definition) is 0. The van der Waals surface area contributed by atoms with E-state index in [2.05, 4.69) is 9.97 Å². The van der Waals surface area contributed by atoms with Crippen molar-refractivity contribution >= 4 is 17.4 Å². The minimum Gasteiger partial charge on any atom is -0.465 e. The van der Waals surface area contributed by atoms with E-state index in [1.165, 1.54) is 43.9 Å². The fraction of sp³-hybridized carbons (Fsp3) is 0.240. The minimum atomic E-state index is -0.617. The Bertz CT molecular complexity index is 1300. The second-order valence-corrected chi connectivity index (χ2v) is 7.63. The molecule has 3 rings (SSSR count). The number of nitrogens with zero attached hydrogens (tertiary/aromatic N) is 5. The lowest BCUT2D eigenvalue weighted by molar-refractivity contribution is -0.496. The van der Waals surface area contributed by atoms with E-state index >= 15 is 0 Å². The highest BCUT2D eigenvalue weighted by molar-refractivity contribution is 5.99. The number of nitro groups is 1. The van der Waals surface area contributed by atoms with E-state index in [0.29, 0.717) is 28.7 Å². The third-order valence-electron chi connectivity index (χ3n) is 5.38. The van der Waals surface area contributed by atoms with Gasteiger partial charge in [0.25, 0.3) is 0 Å². The molecule has 0 amide bonds. The summed E-state index contributed by atoms with van der Waals surface area (Å²) in [5.74, 6) is -0.779. The zero-order valence-corrected chi connectivity index (χ0v) is 19.3. The van der Waals surface area contributed by atoms with E-state index in [1.807, 2.05) is 13.0 Å². The first kappa shape index (κ1) is 25.0. The molecule has 10 heteroatoms. The molecule has 35 heavy (non-hydrogen) atoms. The normalized spacial score (nSPS) is 10.3. The Balaban J connectivity index is 2.06. The molecule has 0 N–H and O–H groups in total. The number of ether oxygens (including phenoxy) is 1. The Morgan fingerprint density at radius 1 is 1.23 bits per heavy atom. The summed E-state index contributed by atoms with van der Waals surface area (Å²) < 4.78 is 4.71. The van der Waals surface area contributed by atoms with Crippen LogP contribution in [0, 0.1) is 21.4 Å². The maximum absolute atomic E-state index is 13.1. The average Bonchev–Trinajstić information content (AvgIpc) is 2.89. The summed E-state index contributed by atoms with van der Waals surface area (Å²) in [6.45, 7) is 1.75. The van der Waals surface area contributed by atoms with Crippen LogP contribution in [-0.4, -0.2) is 33.9 Å². The molecule has 3 aromatic rings. The maximum Gasteiger partial charge on any atom is 0.337 e. The first-order chi connectivity index (χ1) is 16.9. The van der Waals surface area contributed by atoms with Gasteiger partial charge in [-0.1, -0.05) is 36.6 Å². The molecule has 2 aromatic carbocycles. The Morgan fingerprint density at radius 3 is 2.71 bits per heavy atom. The van der Waals surface area contributed by atoms with Crippen LogP contribution in [0.25, 0.3) is 11.1 Å². The van der Waals surface area contributed by atoms with Crippen molar-refractivity contribution < 1.29 is 19.4 Å². The lowest BCUT2D eigenvalue weighted by Gasteiger charge is -2.18. The molecule has 0 aliphatic carbocycles. The molecular weight excluding hydrogens is 450 g/mol. The van der Waals surface area contributed by atoms with Crippen LogP contribution in [0.2, 0.25) is 0 Å². The second kappa shape index (κ2) is 11.5. The smallest absolute Gasteiger partial charge is 0.337 e. The highest BCUT2D eigenvalue weighted by Gasteiger charge is 2.23. The molecule has 1 aromatic heterocycles. The zero-order chi connectivity index (χ0) is 25.4. The number of nitriles is 1. The van der Waals surface area contributed by atoms with E-state index in [9.17, 15) is 25.0 Å². The highest BCUT2D eigenvalue weighted by atomic mass is 16.7. The van der Waals surface area contributed by atoms with E-state index in [4.69, 9.17) is 4.74 Å². The van der Waals surface area contributed by atoms with Crippen LogP contribution in [-0.2, 0) is 11.3 Å². The molecule has 0 fully saturated rings. The number of benzene rings is 2. The molecular formula is C25H23N5O5. The molecule has 0 saturated carbocycles. The lowest BCUT2D eigenvalue weighted by Crippen LogP contribution is -2.30. The molecule has 0 atom stereocenters. The molecule has 0 saturated heterocycles. The first-order valence-corrected chi connectivity index (χ1v) is 10.9. The van der Waals surface area contributed by atoms with Crippen LogP contribution in [0.4, 0.5) is 5.69 Å². The first-order valence-electron chi connectivity index (χ1n) is 10.9. The molecule has 0 aliphatic heterocycles. The Labute approximate surface area is 201 Å². The van der Waals surface area contributed by atoms with Crippen molar-refractivity contribution in [3.63, 3.8) is 0 Å². The SMILES string of the molecule is CCCCC(=O)c1cc(-c2cncnc2C#N)ccc1CN(c1cccc(C(=O)OC)c1)[N+](=O)[O-]. The maximum atomic E-state index is 13.1. The fourth-order valence-corrected chi connectivity index (χ4v) is 3.56. The molecule has 0 unspecified atom stereocenters. The van der Waals surface area contributed by atoms with Gasteiger partial charge in [-0.2, -0.15) is 5.26 Å². The van der Waals surface area contributed by atoms with Gasteiger partial charge in [-0.3, -0.25) is 4.79 Å². The standard InChI is InChI=1S/C25H23N5O5/c1-3-4-8-24(31)21-12-17(22-14-27-16-28-23(22)13-26)9-10-19(21)15-29(30(33)34)20-7-5-6-18(11-20)25(32)35-2/h5-7,9-12,14,16H,3-4,8,15H2,1-2H3. The number of hydrogen-bond acceptors (Lipinski definition) is 8. The summed E-state index contributed by atoms with van der Waals surface area (Å²) in [5, 5.41) is 21.6. The van der Waals surface area contributed by atoms with Crippen LogP contribution in [0.1, 0.15) is 58.2 Å². The molecule has 178 valence electrons. The van der Waals surface area contributed by atoms with Crippen molar-refractivity contribution in [1.29, 1.82) is 5.26 Å². The highest BCUT2D eigenvalue weighted by Crippen LogP contribution is 2.28. The van der Waals surface area contributed by atoms with Gasteiger partial charge in [0.15, 0.2) is 16.5 Å². The minimum absolute atomic E-state index is 0.159. The topological polar surface area (TPSA) is 139 Å². The molecule has 0 aliphatic rings. The van der Waals surface area contributed by atoms with Gasteiger partial charge < -0.3 is 4.74 Å². The van der Waals surface area contributed by atoms with Crippen LogP contribution in [0.15, 0.2) is 55.0 Å². The van der Waals surface area contributed by atoms with Crippen molar-refractivity contribution in [3.05, 3.63) is 87.5 Å². The number of methoxy groups -OCH3 is 1. The number of rotatable bonds is 10. The average molecular weight is 473 g/mol. The van der Waals surface area contributed by atoms with E-state index in [0.717, 1.165) is 11.4 Å². The van der Waals surface area contributed by atoms with E-state index in [-0.39, 0.29) is 35.7 Å². The van der Waals surface area contributed by atoms with Gasteiger partial charge in [-0.25, -0.2) is 24.9 Å². The van der Waals surface area contributed by atoms with Crippen LogP contribution >= 0.6 is 0 Å². The number of esters is 1. The Hall–Kier alpha value is -4.65. The van der Waals surface area contributed by atoms with Crippen LogP contribution in [0.3, 0.4) is 0 Å². The lowest BCUT2D eigenvalue weighted by atomic mass is 9.94. The Morgan fingerprint density at radius 2 is 2.03 bits per heavy atom. The zero-order valence-electron chi connectivity index (χ0n) is 19.3. The van der Waals surface area contributed by atoms with Crippen LogP contribution in [0.5, 0.6) is 0 Å². The number of ketones is 1. The summed E-state index contributed by atoms with van der Waals surface area (Å²) in [6, 6.07) is 12.8. The second-order valence-electron chi connectivity index (χ2n) is 7.63. The molecule has 0 spiro atoms. The van der Waals surface area contributed by atoms with Crippen molar-refractivity contribution in [1.82, 2.24) is 9.97 Å². The summed E-state index contributed by atoms with van der Waals surface area (Å²) >= 11 is 0. The van der Waals surface area contributed by atoms with Gasteiger partial charge in [0, 0.05) is 23.7 Å². The van der Waals surface area contributed by atoms with Crippen LogP contribution < -0.4 is 5.01 Å². The van der Waals surface area contributed by atoms with Crippen molar-refractivity contribution in [2.24, 2.45) is 0 Å². The quantitative estimate of drug-likeness (QED) is 0.182. The van der Waals surface area contributed by atoms with Gasteiger partial charge in [0.2, 0.25) is 0 Å². The number of carbonyl (C=O) groups is 2. The Kier molecular flexibility index (Phi) is 8.19. The monoisotopic (exact) mass is 473 g/mol. The summed E-state index contributed by atoms with van der Waals surface area (Å²) in [4.78, 5) is 44.9. The fourth-order valence-electron chi connectivity index (χ4n) is 3.56. The number of unbranched alkanes of at least 4 members (excludes halogenated alkanes) is 1. The number of hydrazine groups is 1. The van der Waals surface area contributed by atoms with Gasteiger partial charge in [-0.15, -0.1) is 0 Å². The van der Waals surface area contributed by atoms with E-state index in [1.54, 1.807) is 18.2 Å². The van der Waals surface area contributed by atoms with Gasteiger partial charge in [0.05, 0.1) is 12.7 Å². The molecule has 1 heterocycles. The third-order valence-corrected chi connectivity index (χ3v) is 5.38. The summed E-state index contributed by atoms with van der Waals surface area (Å²) in [6.07, 6.45) is 4.51. The van der Waals surface area contributed by atoms with E-state index < -0.39 is 11.0 Å². The van der Waals surface area contributed by atoms with Gasteiger partial charge in [0.1, 0.15) is 24.6 Å². The predicted molar refractivity (Wildman–Crippen MR) is 127 cm³/mol. The van der Waals surface area contributed by atoms with Crippen molar-refractivity contribution in [3.8, 4) is 17.2 Å². The van der Waals surface area contributed by atoms with Gasteiger partial charge in [-0.05, 0) is 41.8 Å². The molecule has 0 radical (unpaired) electrons. The number of Topliss-reactive ketones (excluding diaryl/α,β-unsaturated/α-hetero) is 1. The van der Waals surface area contributed by atoms with Crippen molar-refractivity contribution in [2.75, 3.05) is 12.1 Å². The molecule has 0 bridgehead atoms. The molecule has 10 nitrogen and oxygen atoms in total.